The molecule has 0 spiro atoms. The highest BCUT2D eigenvalue weighted by Crippen LogP contribution is 2.09. The van der Waals surface area contributed by atoms with E-state index in [-0.39, 0.29) is 6.54 Å². The summed E-state index contributed by atoms with van der Waals surface area (Å²) in [7, 11) is -3.27. The van der Waals surface area contributed by atoms with E-state index in [1.165, 1.54) is 7.05 Å². The summed E-state index contributed by atoms with van der Waals surface area (Å²) in [4.78, 5) is 1.99. The average molecular weight is 258 g/mol. The minimum Gasteiger partial charge on any atom is -0.379 e. The highest BCUT2D eigenvalue weighted by molar-refractivity contribution is 7.89. The number of hydrogen-bond acceptors (Lipinski definition) is 4. The van der Waals surface area contributed by atoms with Gasteiger partial charge in [0, 0.05) is 33.2 Å². The van der Waals surface area contributed by atoms with Gasteiger partial charge in [-0.2, -0.15) is 13.1 Å². The Balaban J connectivity index is 2.37. The molecule has 0 radical (unpaired) electrons. The van der Waals surface area contributed by atoms with Crippen LogP contribution < -0.4 is 0 Å². The Morgan fingerprint density at radius 2 is 1.94 bits per heavy atom. The number of rotatable bonds is 5. The van der Waals surface area contributed by atoms with E-state index >= 15 is 0 Å². The van der Waals surface area contributed by atoms with E-state index in [1.54, 1.807) is 0 Å². The van der Waals surface area contributed by atoms with Crippen LogP contribution in [0.4, 0.5) is 8.78 Å². The molecule has 0 aromatic rings. The Kier molecular flexibility index (Phi) is 5.03. The van der Waals surface area contributed by atoms with Crippen molar-refractivity contribution in [3.8, 4) is 0 Å². The second kappa shape index (κ2) is 5.85. The predicted molar refractivity (Wildman–Crippen MR) is 54.8 cm³/mol. The number of ether oxygens (including phenoxy) is 1. The van der Waals surface area contributed by atoms with E-state index in [1.807, 2.05) is 4.90 Å². The second-order valence-electron chi connectivity index (χ2n) is 3.58. The average Bonchev–Trinajstić information content (AvgIpc) is 2.27. The van der Waals surface area contributed by atoms with Gasteiger partial charge in [0.25, 0.3) is 10.0 Å². The fraction of sp³-hybridized carbons (Fsp3) is 1.00. The molecule has 5 nitrogen and oxygen atoms in total. The smallest absolute Gasteiger partial charge is 0.350 e. The van der Waals surface area contributed by atoms with Crippen molar-refractivity contribution in [2.24, 2.45) is 0 Å². The first kappa shape index (κ1) is 13.8. The van der Waals surface area contributed by atoms with Crippen molar-refractivity contribution in [1.29, 1.82) is 0 Å². The van der Waals surface area contributed by atoms with Crippen molar-refractivity contribution in [1.82, 2.24) is 9.21 Å². The molecule has 16 heavy (non-hydrogen) atoms. The summed E-state index contributed by atoms with van der Waals surface area (Å²) in [6.45, 7) is 3.15. The normalized spacial score (nSPS) is 19.6. The number of sulfonamides is 1. The van der Waals surface area contributed by atoms with E-state index in [0.29, 0.717) is 37.2 Å². The molecule has 0 unspecified atom stereocenters. The van der Waals surface area contributed by atoms with Crippen molar-refractivity contribution < 1.29 is 21.9 Å². The molecule has 0 amide bonds. The van der Waals surface area contributed by atoms with Crippen LogP contribution in [0, 0.1) is 0 Å². The third-order valence-corrected chi connectivity index (χ3v) is 4.00. The van der Waals surface area contributed by atoms with Crippen molar-refractivity contribution in [2.45, 2.75) is 5.76 Å². The zero-order valence-corrected chi connectivity index (χ0v) is 9.92. The van der Waals surface area contributed by atoms with Crippen LogP contribution in [0.3, 0.4) is 0 Å². The number of halogens is 2. The summed E-state index contributed by atoms with van der Waals surface area (Å²) in [6, 6.07) is 0. The largest absolute Gasteiger partial charge is 0.379 e. The van der Waals surface area contributed by atoms with Crippen molar-refractivity contribution in [2.75, 3.05) is 46.4 Å². The number of likely N-dealkylation sites (N-methyl/N-ethyl adjacent to an activating group) is 1. The van der Waals surface area contributed by atoms with Gasteiger partial charge in [0.05, 0.1) is 13.2 Å². The molecule has 1 rings (SSSR count). The molecule has 1 saturated heterocycles. The summed E-state index contributed by atoms with van der Waals surface area (Å²) in [6.07, 6.45) is 0. The molecule has 0 bridgehead atoms. The van der Waals surface area contributed by atoms with Gasteiger partial charge in [-0.1, -0.05) is 0 Å². The van der Waals surface area contributed by atoms with Gasteiger partial charge in [-0.3, -0.25) is 4.90 Å². The lowest BCUT2D eigenvalue weighted by Gasteiger charge is -2.28. The summed E-state index contributed by atoms with van der Waals surface area (Å²) in [5.74, 6) is -3.35. The van der Waals surface area contributed by atoms with Gasteiger partial charge < -0.3 is 4.74 Å². The lowest BCUT2D eigenvalue weighted by Crippen LogP contribution is -2.42. The third-order valence-electron chi connectivity index (χ3n) is 2.49. The topological polar surface area (TPSA) is 49.9 Å². The summed E-state index contributed by atoms with van der Waals surface area (Å²) in [5.41, 5.74) is 0. The van der Waals surface area contributed by atoms with Gasteiger partial charge in [-0.25, -0.2) is 8.42 Å². The van der Waals surface area contributed by atoms with E-state index in [2.05, 4.69) is 0 Å². The first-order chi connectivity index (χ1) is 7.44. The van der Waals surface area contributed by atoms with Crippen LogP contribution in [0.25, 0.3) is 0 Å². The third kappa shape index (κ3) is 3.62. The Bertz CT molecular complexity index is 304. The maximum absolute atomic E-state index is 12.2. The fourth-order valence-corrected chi connectivity index (χ4v) is 1.98. The van der Waals surface area contributed by atoms with Gasteiger partial charge in [0.1, 0.15) is 0 Å². The molecule has 8 heteroatoms. The predicted octanol–water partition coefficient (Wildman–Crippen LogP) is -0.197. The van der Waals surface area contributed by atoms with Crippen molar-refractivity contribution in [3.63, 3.8) is 0 Å². The second-order valence-corrected chi connectivity index (χ2v) is 5.59. The van der Waals surface area contributed by atoms with Gasteiger partial charge >= 0.3 is 5.76 Å². The molecule has 0 aromatic heterocycles. The Labute approximate surface area is 94.0 Å². The van der Waals surface area contributed by atoms with Crippen molar-refractivity contribution in [3.05, 3.63) is 0 Å². The number of hydrogen-bond donors (Lipinski definition) is 0. The zero-order chi connectivity index (χ0) is 12.2. The minimum atomic E-state index is -4.44. The van der Waals surface area contributed by atoms with Crippen LogP contribution in [-0.2, 0) is 14.8 Å². The molecule has 1 aliphatic heterocycles. The molecule has 0 N–H and O–H groups in total. The number of alkyl halides is 2. The van der Waals surface area contributed by atoms with Crippen LogP contribution >= 0.6 is 0 Å². The number of morpholine rings is 1. The molecule has 96 valence electrons. The van der Waals surface area contributed by atoms with E-state index in [9.17, 15) is 17.2 Å². The van der Waals surface area contributed by atoms with Crippen LogP contribution in [-0.4, -0.2) is 69.8 Å². The minimum absolute atomic E-state index is 0.0761. The van der Waals surface area contributed by atoms with E-state index in [4.69, 9.17) is 4.74 Å². The highest BCUT2D eigenvalue weighted by Gasteiger charge is 2.29. The molecular weight excluding hydrogens is 242 g/mol. The molecule has 0 atom stereocenters. The standard InChI is InChI=1S/C8H16F2N2O3S/c1-11(16(13,14)8(9)10)2-3-12-4-6-15-7-5-12/h8H,2-7H2,1H3. The Morgan fingerprint density at radius 3 is 2.44 bits per heavy atom. The maximum atomic E-state index is 12.2. The van der Waals surface area contributed by atoms with E-state index < -0.39 is 15.8 Å². The van der Waals surface area contributed by atoms with Crippen LogP contribution in [0.15, 0.2) is 0 Å². The quantitative estimate of drug-likeness (QED) is 0.685. The zero-order valence-electron chi connectivity index (χ0n) is 9.10. The molecular formula is C8H16F2N2O3S. The highest BCUT2D eigenvalue weighted by atomic mass is 32.2. The maximum Gasteiger partial charge on any atom is 0.350 e. The summed E-state index contributed by atoms with van der Waals surface area (Å²) in [5, 5.41) is 0. The molecule has 1 aliphatic rings. The van der Waals surface area contributed by atoms with Crippen LogP contribution in [0.2, 0.25) is 0 Å². The lowest BCUT2D eigenvalue weighted by atomic mass is 10.4. The van der Waals surface area contributed by atoms with Gasteiger partial charge in [-0.15, -0.1) is 0 Å². The molecule has 1 fully saturated rings. The fourth-order valence-electron chi connectivity index (χ4n) is 1.37. The Morgan fingerprint density at radius 1 is 1.38 bits per heavy atom. The SMILES string of the molecule is CN(CCN1CCOCC1)S(=O)(=O)C(F)F. The van der Waals surface area contributed by atoms with Gasteiger partial charge in [0.2, 0.25) is 0 Å². The molecule has 1 heterocycles. The summed E-state index contributed by atoms with van der Waals surface area (Å²) >= 11 is 0. The first-order valence-corrected chi connectivity index (χ1v) is 6.48. The first-order valence-electron chi connectivity index (χ1n) is 4.98. The lowest BCUT2D eigenvalue weighted by molar-refractivity contribution is 0.0366. The molecule has 0 aliphatic carbocycles. The van der Waals surface area contributed by atoms with Gasteiger partial charge in [-0.05, 0) is 0 Å². The van der Waals surface area contributed by atoms with Gasteiger partial charge in [0.15, 0.2) is 0 Å². The van der Waals surface area contributed by atoms with Crippen LogP contribution in [0.5, 0.6) is 0 Å². The summed E-state index contributed by atoms with van der Waals surface area (Å²) < 4.78 is 52.2. The molecule has 0 saturated carbocycles. The van der Waals surface area contributed by atoms with Crippen molar-refractivity contribution >= 4 is 10.0 Å². The monoisotopic (exact) mass is 258 g/mol. The number of nitrogens with zero attached hydrogens (tertiary/aromatic N) is 2. The Hall–Kier alpha value is -0.310. The van der Waals surface area contributed by atoms with E-state index in [0.717, 1.165) is 0 Å². The van der Waals surface area contributed by atoms with Crippen LogP contribution in [0.1, 0.15) is 0 Å². The molecule has 0 aromatic carbocycles.